The average molecular weight is 213 g/mol. The topological polar surface area (TPSA) is 29.5 Å². The predicted molar refractivity (Wildman–Crippen MR) is 55.9 cm³/mol. The Balaban J connectivity index is 2.48. The Bertz CT molecular complexity index is 349. The second-order valence-corrected chi connectivity index (χ2v) is 3.94. The van der Waals surface area contributed by atoms with E-state index in [1.54, 1.807) is 6.07 Å². The van der Waals surface area contributed by atoms with E-state index in [0.717, 1.165) is 23.3 Å². The standard InChI is InChI=1S/C11H13ClO2/c1-2-10(13)9-6-8(12)5-7-3-4-14-11(7)9/h5-6,10,13H,2-4H2,1H3/t10-/m0/s1. The number of aliphatic hydroxyl groups is 1. The molecule has 0 unspecified atom stereocenters. The maximum atomic E-state index is 9.78. The van der Waals surface area contributed by atoms with Gasteiger partial charge in [-0.1, -0.05) is 18.5 Å². The quantitative estimate of drug-likeness (QED) is 0.817. The zero-order valence-corrected chi connectivity index (χ0v) is 8.84. The number of rotatable bonds is 2. The minimum absolute atomic E-state index is 0.472. The van der Waals surface area contributed by atoms with Crippen LogP contribution in [0.4, 0.5) is 0 Å². The summed E-state index contributed by atoms with van der Waals surface area (Å²) in [5, 5.41) is 10.5. The van der Waals surface area contributed by atoms with Crippen molar-refractivity contribution < 1.29 is 9.84 Å². The fraction of sp³-hybridized carbons (Fsp3) is 0.455. The van der Waals surface area contributed by atoms with Crippen molar-refractivity contribution in [2.75, 3.05) is 6.61 Å². The molecule has 14 heavy (non-hydrogen) atoms. The molecule has 0 amide bonds. The first-order valence-electron chi connectivity index (χ1n) is 4.85. The van der Waals surface area contributed by atoms with Crippen molar-refractivity contribution in [1.82, 2.24) is 0 Å². The van der Waals surface area contributed by atoms with E-state index < -0.39 is 6.10 Å². The number of hydrogen-bond donors (Lipinski definition) is 1. The van der Waals surface area contributed by atoms with Crippen molar-refractivity contribution in [2.45, 2.75) is 25.9 Å². The van der Waals surface area contributed by atoms with Gasteiger partial charge in [-0.25, -0.2) is 0 Å². The Morgan fingerprint density at radius 1 is 1.57 bits per heavy atom. The van der Waals surface area contributed by atoms with Crippen LogP contribution in [-0.4, -0.2) is 11.7 Å². The molecule has 0 bridgehead atoms. The van der Waals surface area contributed by atoms with Crippen LogP contribution in [0.25, 0.3) is 0 Å². The summed E-state index contributed by atoms with van der Waals surface area (Å²) >= 11 is 5.96. The van der Waals surface area contributed by atoms with Crippen molar-refractivity contribution in [3.05, 3.63) is 28.3 Å². The van der Waals surface area contributed by atoms with Crippen LogP contribution in [-0.2, 0) is 6.42 Å². The van der Waals surface area contributed by atoms with Gasteiger partial charge in [-0.2, -0.15) is 0 Å². The van der Waals surface area contributed by atoms with Crippen LogP contribution in [0.1, 0.15) is 30.6 Å². The maximum Gasteiger partial charge on any atom is 0.128 e. The van der Waals surface area contributed by atoms with Gasteiger partial charge in [-0.05, 0) is 24.1 Å². The lowest BCUT2D eigenvalue weighted by Crippen LogP contribution is -1.98. The monoisotopic (exact) mass is 212 g/mol. The van der Waals surface area contributed by atoms with Crippen LogP contribution < -0.4 is 4.74 Å². The summed E-state index contributed by atoms with van der Waals surface area (Å²) in [6, 6.07) is 3.70. The Hall–Kier alpha value is -0.730. The fourth-order valence-corrected chi connectivity index (χ4v) is 2.01. The summed E-state index contributed by atoms with van der Waals surface area (Å²) in [7, 11) is 0. The summed E-state index contributed by atoms with van der Waals surface area (Å²) < 4.78 is 5.49. The van der Waals surface area contributed by atoms with E-state index in [-0.39, 0.29) is 0 Å². The van der Waals surface area contributed by atoms with Gasteiger partial charge in [0, 0.05) is 17.0 Å². The minimum atomic E-state index is -0.472. The fourth-order valence-electron chi connectivity index (χ4n) is 1.77. The van der Waals surface area contributed by atoms with Gasteiger partial charge in [0.05, 0.1) is 12.7 Å². The van der Waals surface area contributed by atoms with Crippen LogP contribution in [0.5, 0.6) is 5.75 Å². The first-order chi connectivity index (χ1) is 6.72. The Labute approximate surface area is 88.5 Å². The maximum absolute atomic E-state index is 9.78. The molecular formula is C11H13ClO2. The Kier molecular flexibility index (Phi) is 2.66. The Morgan fingerprint density at radius 3 is 3.07 bits per heavy atom. The molecule has 0 aliphatic carbocycles. The zero-order chi connectivity index (χ0) is 10.1. The highest BCUT2D eigenvalue weighted by Gasteiger charge is 2.20. The minimum Gasteiger partial charge on any atom is -0.493 e. The molecule has 1 aromatic rings. The van der Waals surface area contributed by atoms with E-state index in [1.165, 1.54) is 0 Å². The number of benzene rings is 1. The second-order valence-electron chi connectivity index (χ2n) is 3.51. The van der Waals surface area contributed by atoms with Gasteiger partial charge in [-0.3, -0.25) is 0 Å². The number of fused-ring (bicyclic) bond motifs is 1. The van der Waals surface area contributed by atoms with Crippen LogP contribution in [0.15, 0.2) is 12.1 Å². The molecule has 1 N–H and O–H groups in total. The van der Waals surface area contributed by atoms with Crippen LogP contribution in [0, 0.1) is 0 Å². The van der Waals surface area contributed by atoms with Crippen molar-refractivity contribution in [3.8, 4) is 5.75 Å². The van der Waals surface area contributed by atoms with Crippen molar-refractivity contribution in [3.63, 3.8) is 0 Å². The first kappa shape index (κ1) is 9.81. The van der Waals surface area contributed by atoms with Crippen molar-refractivity contribution in [1.29, 1.82) is 0 Å². The second kappa shape index (κ2) is 3.79. The van der Waals surface area contributed by atoms with Gasteiger partial charge in [0.2, 0.25) is 0 Å². The molecule has 0 saturated heterocycles. The van der Waals surface area contributed by atoms with Crippen molar-refractivity contribution in [2.24, 2.45) is 0 Å². The SMILES string of the molecule is CC[C@H](O)c1cc(Cl)cc2c1OCC2. The lowest BCUT2D eigenvalue weighted by Gasteiger charge is -2.13. The first-order valence-corrected chi connectivity index (χ1v) is 5.23. The zero-order valence-electron chi connectivity index (χ0n) is 8.09. The highest BCUT2D eigenvalue weighted by atomic mass is 35.5. The summed E-state index contributed by atoms with van der Waals surface area (Å²) in [5.41, 5.74) is 1.94. The van der Waals surface area contributed by atoms with E-state index in [0.29, 0.717) is 18.1 Å². The van der Waals surface area contributed by atoms with E-state index >= 15 is 0 Å². The summed E-state index contributed by atoms with van der Waals surface area (Å²) in [5.74, 6) is 0.837. The molecule has 1 atom stereocenters. The molecule has 1 aromatic carbocycles. The largest absolute Gasteiger partial charge is 0.493 e. The highest BCUT2D eigenvalue weighted by Crippen LogP contribution is 2.37. The molecule has 2 nitrogen and oxygen atoms in total. The van der Waals surface area contributed by atoms with Crippen LogP contribution >= 0.6 is 11.6 Å². The molecule has 2 rings (SSSR count). The van der Waals surface area contributed by atoms with Gasteiger partial charge in [-0.15, -0.1) is 0 Å². The molecule has 1 aliphatic rings. The molecule has 0 aromatic heterocycles. The van der Waals surface area contributed by atoms with E-state index in [9.17, 15) is 5.11 Å². The third kappa shape index (κ3) is 1.60. The van der Waals surface area contributed by atoms with Gasteiger partial charge >= 0.3 is 0 Å². The molecular weight excluding hydrogens is 200 g/mol. The summed E-state index contributed by atoms with van der Waals surface area (Å²) in [4.78, 5) is 0. The molecule has 3 heteroatoms. The number of hydrogen-bond acceptors (Lipinski definition) is 2. The Morgan fingerprint density at radius 2 is 2.36 bits per heavy atom. The third-order valence-corrected chi connectivity index (χ3v) is 2.74. The molecule has 76 valence electrons. The summed E-state index contributed by atoms with van der Waals surface area (Å²) in [6.07, 6.45) is 1.09. The average Bonchev–Trinajstić information content (AvgIpc) is 2.62. The lowest BCUT2D eigenvalue weighted by atomic mass is 10.0. The normalized spacial score (nSPS) is 16.2. The lowest BCUT2D eigenvalue weighted by molar-refractivity contribution is 0.169. The molecule has 0 saturated carbocycles. The van der Waals surface area contributed by atoms with E-state index in [4.69, 9.17) is 16.3 Å². The van der Waals surface area contributed by atoms with Gasteiger partial charge in [0.15, 0.2) is 0 Å². The molecule has 1 heterocycles. The van der Waals surface area contributed by atoms with E-state index in [1.807, 2.05) is 13.0 Å². The third-order valence-electron chi connectivity index (χ3n) is 2.52. The molecule has 0 spiro atoms. The summed E-state index contributed by atoms with van der Waals surface area (Å²) in [6.45, 7) is 2.63. The molecule has 0 fully saturated rings. The van der Waals surface area contributed by atoms with E-state index in [2.05, 4.69) is 0 Å². The number of halogens is 1. The van der Waals surface area contributed by atoms with Gasteiger partial charge in [0.25, 0.3) is 0 Å². The van der Waals surface area contributed by atoms with Gasteiger partial charge in [0.1, 0.15) is 5.75 Å². The van der Waals surface area contributed by atoms with Gasteiger partial charge < -0.3 is 9.84 Å². The number of aliphatic hydroxyl groups excluding tert-OH is 1. The molecule has 1 aliphatic heterocycles. The van der Waals surface area contributed by atoms with Crippen LogP contribution in [0.3, 0.4) is 0 Å². The number of ether oxygens (including phenoxy) is 1. The smallest absolute Gasteiger partial charge is 0.128 e. The van der Waals surface area contributed by atoms with Crippen LogP contribution in [0.2, 0.25) is 5.02 Å². The predicted octanol–water partition coefficient (Wildman–Crippen LogP) is 2.72. The highest BCUT2D eigenvalue weighted by molar-refractivity contribution is 6.30. The van der Waals surface area contributed by atoms with Crippen molar-refractivity contribution >= 4 is 11.6 Å². The molecule has 0 radical (unpaired) electrons.